The van der Waals surface area contributed by atoms with Crippen molar-refractivity contribution < 1.29 is 18.4 Å². The molecular weight excluding hydrogens is 552 g/mol. The van der Waals surface area contributed by atoms with Gasteiger partial charge in [-0.3, -0.25) is 9.74 Å². The second-order valence-corrected chi connectivity index (χ2v) is 11.6. The molecule has 3 aliphatic heterocycles. The minimum Gasteiger partial charge on any atom is -0.494 e. The summed E-state index contributed by atoms with van der Waals surface area (Å²) in [5, 5.41) is 5.01. The third kappa shape index (κ3) is 6.53. The summed E-state index contributed by atoms with van der Waals surface area (Å²) in [4.78, 5) is 22.3. The number of ether oxygens (including phenoxy) is 1. The molecule has 0 spiro atoms. The van der Waals surface area contributed by atoms with Crippen molar-refractivity contribution in [2.45, 2.75) is 44.7 Å². The van der Waals surface area contributed by atoms with Gasteiger partial charge in [0.15, 0.2) is 5.82 Å². The molecule has 3 aliphatic rings. The van der Waals surface area contributed by atoms with Crippen molar-refractivity contribution in [3.05, 3.63) is 65.5 Å². The first-order chi connectivity index (χ1) is 20.9. The maximum absolute atomic E-state index is 14.0. The molecule has 9 nitrogen and oxygen atoms in total. The number of piperidine rings is 1. The van der Waals surface area contributed by atoms with E-state index in [1.54, 1.807) is 18.2 Å². The van der Waals surface area contributed by atoms with E-state index in [1.807, 2.05) is 0 Å². The van der Waals surface area contributed by atoms with Crippen molar-refractivity contribution in [3.63, 3.8) is 0 Å². The molecule has 1 aromatic heterocycles. The Kier molecular flexibility index (Phi) is 8.92. The van der Waals surface area contributed by atoms with Crippen LogP contribution in [0.25, 0.3) is 0 Å². The lowest BCUT2D eigenvalue weighted by Gasteiger charge is -2.43. The highest BCUT2D eigenvalue weighted by Gasteiger charge is 2.31. The second-order valence-electron chi connectivity index (χ2n) is 11.6. The number of aryl methyl sites for hydroxylation is 1. The third-order valence-corrected chi connectivity index (χ3v) is 8.96. The fourth-order valence-electron chi connectivity index (χ4n) is 6.56. The predicted molar refractivity (Wildman–Crippen MR) is 164 cm³/mol. The summed E-state index contributed by atoms with van der Waals surface area (Å²) in [5.74, 6) is 0.561. The molecule has 11 heteroatoms. The van der Waals surface area contributed by atoms with E-state index in [2.05, 4.69) is 56.1 Å². The minimum absolute atomic E-state index is 0.367. The first-order valence-corrected chi connectivity index (χ1v) is 15.3. The van der Waals surface area contributed by atoms with Crippen molar-refractivity contribution in [3.8, 4) is 5.75 Å². The largest absolute Gasteiger partial charge is 0.494 e. The standard InChI is InChI=1S/C32H41F2N7O2/c1-4-22-17-27(30(42-3)19-29(22)40-8-5-26(6-9-40)39-12-10-38(2)11-13-39)37-31-20-32(36-21-35-31)41-28(7-14-43-41)23-15-24(33)18-25(34)16-23/h15-21,26,28H,4-14H2,1-3H3,(H,35,36,37). The zero-order valence-corrected chi connectivity index (χ0v) is 25.2. The normalized spacial score (nSPS) is 20.5. The molecule has 1 atom stereocenters. The zero-order valence-electron chi connectivity index (χ0n) is 25.2. The lowest BCUT2D eigenvalue weighted by Crippen LogP contribution is -2.52. The molecule has 0 saturated carbocycles. The number of nitrogens with zero attached hydrogens (tertiary/aromatic N) is 6. The van der Waals surface area contributed by atoms with Gasteiger partial charge in [-0.05, 0) is 55.6 Å². The van der Waals surface area contributed by atoms with Gasteiger partial charge >= 0.3 is 0 Å². The van der Waals surface area contributed by atoms with Gasteiger partial charge < -0.3 is 19.9 Å². The van der Waals surface area contributed by atoms with Crippen LogP contribution in [0.2, 0.25) is 0 Å². The number of anilines is 4. The van der Waals surface area contributed by atoms with Crippen LogP contribution in [0.15, 0.2) is 42.7 Å². The fraction of sp³-hybridized carbons (Fsp3) is 0.500. The Morgan fingerprint density at radius 3 is 2.37 bits per heavy atom. The summed E-state index contributed by atoms with van der Waals surface area (Å²) in [6.45, 7) is 9.27. The van der Waals surface area contributed by atoms with Gasteiger partial charge in [0.2, 0.25) is 0 Å². The molecule has 3 aromatic rings. The first kappa shape index (κ1) is 29.5. The molecule has 1 unspecified atom stereocenters. The van der Waals surface area contributed by atoms with E-state index >= 15 is 0 Å². The number of hydrogen-bond donors (Lipinski definition) is 1. The number of hydroxylamine groups is 1. The van der Waals surface area contributed by atoms with Crippen LogP contribution in [0.4, 0.5) is 31.8 Å². The van der Waals surface area contributed by atoms with E-state index in [1.165, 1.54) is 42.6 Å². The molecule has 4 heterocycles. The van der Waals surface area contributed by atoms with Gasteiger partial charge in [-0.2, -0.15) is 0 Å². The number of methoxy groups -OCH3 is 1. The highest BCUT2D eigenvalue weighted by Crippen LogP contribution is 2.38. The Labute approximate surface area is 252 Å². The summed E-state index contributed by atoms with van der Waals surface area (Å²) in [6.07, 6.45) is 5.25. The SMILES string of the molecule is CCc1cc(Nc2cc(N3OCCC3c3cc(F)cc(F)c3)ncn2)c(OC)cc1N1CCC(N2CCN(C)CC2)CC1. The molecule has 0 radical (unpaired) electrons. The number of hydrogen-bond acceptors (Lipinski definition) is 9. The lowest BCUT2D eigenvalue weighted by molar-refractivity contribution is 0.0982. The second kappa shape index (κ2) is 13.0. The maximum atomic E-state index is 14.0. The van der Waals surface area contributed by atoms with Crippen LogP contribution in [0.3, 0.4) is 0 Å². The van der Waals surface area contributed by atoms with E-state index < -0.39 is 11.6 Å². The van der Waals surface area contributed by atoms with Crippen LogP contribution in [0.1, 0.15) is 43.4 Å². The highest BCUT2D eigenvalue weighted by molar-refractivity contribution is 5.73. The molecule has 3 fully saturated rings. The zero-order chi connectivity index (χ0) is 29.9. The molecule has 1 N–H and O–H groups in total. The molecule has 0 aliphatic carbocycles. The van der Waals surface area contributed by atoms with Crippen LogP contribution < -0.4 is 20.0 Å². The average Bonchev–Trinajstić information content (AvgIpc) is 3.51. The van der Waals surface area contributed by atoms with Crippen LogP contribution in [0.5, 0.6) is 5.75 Å². The smallest absolute Gasteiger partial charge is 0.158 e. The van der Waals surface area contributed by atoms with Crippen LogP contribution >= 0.6 is 0 Å². The van der Waals surface area contributed by atoms with Crippen LogP contribution in [-0.2, 0) is 11.3 Å². The van der Waals surface area contributed by atoms with Gasteiger partial charge in [-0.1, -0.05) is 6.92 Å². The van der Waals surface area contributed by atoms with E-state index in [4.69, 9.17) is 9.57 Å². The molecule has 6 rings (SSSR count). The Morgan fingerprint density at radius 1 is 0.930 bits per heavy atom. The van der Waals surface area contributed by atoms with Gasteiger partial charge in [0.1, 0.15) is 29.5 Å². The maximum Gasteiger partial charge on any atom is 0.158 e. The van der Waals surface area contributed by atoms with Gasteiger partial charge in [-0.25, -0.2) is 23.8 Å². The summed E-state index contributed by atoms with van der Waals surface area (Å²) in [6, 6.07) is 9.89. The molecule has 0 amide bonds. The van der Waals surface area contributed by atoms with E-state index in [0.717, 1.165) is 63.2 Å². The van der Waals surface area contributed by atoms with Gasteiger partial charge in [0, 0.05) is 75.6 Å². The minimum atomic E-state index is -0.617. The number of likely N-dealkylation sites (N-methyl/N-ethyl adjacent to an activating group) is 1. The Bertz CT molecular complexity index is 1390. The van der Waals surface area contributed by atoms with E-state index in [9.17, 15) is 8.78 Å². The Hall–Kier alpha value is -3.54. The van der Waals surface area contributed by atoms with Gasteiger partial charge in [0.05, 0.1) is 25.4 Å². The summed E-state index contributed by atoms with van der Waals surface area (Å²) >= 11 is 0. The Morgan fingerprint density at radius 2 is 1.67 bits per heavy atom. The summed E-state index contributed by atoms with van der Waals surface area (Å²) < 4.78 is 33.8. The highest BCUT2D eigenvalue weighted by atomic mass is 19.1. The number of piperazine rings is 1. The number of nitrogens with one attached hydrogen (secondary N) is 1. The number of halogens is 2. The van der Waals surface area contributed by atoms with Gasteiger partial charge in [0.25, 0.3) is 0 Å². The molecule has 0 bridgehead atoms. The Balaban J connectivity index is 1.18. The quantitative estimate of drug-likeness (QED) is 0.381. The van der Waals surface area contributed by atoms with Crippen molar-refractivity contribution in [2.75, 3.05) is 75.3 Å². The van der Waals surface area contributed by atoms with E-state index in [-0.39, 0.29) is 6.04 Å². The van der Waals surface area contributed by atoms with Crippen molar-refractivity contribution in [1.82, 2.24) is 19.8 Å². The van der Waals surface area contributed by atoms with Gasteiger partial charge in [-0.15, -0.1) is 0 Å². The fourth-order valence-corrected chi connectivity index (χ4v) is 6.56. The molecule has 3 saturated heterocycles. The van der Waals surface area contributed by atoms with Crippen molar-refractivity contribution in [2.24, 2.45) is 0 Å². The molecule has 230 valence electrons. The summed E-state index contributed by atoms with van der Waals surface area (Å²) in [5.41, 5.74) is 3.78. The first-order valence-electron chi connectivity index (χ1n) is 15.3. The summed E-state index contributed by atoms with van der Waals surface area (Å²) in [7, 11) is 3.89. The van der Waals surface area contributed by atoms with Crippen LogP contribution in [-0.4, -0.2) is 85.8 Å². The van der Waals surface area contributed by atoms with E-state index in [0.29, 0.717) is 36.3 Å². The number of benzene rings is 2. The van der Waals surface area contributed by atoms with Crippen molar-refractivity contribution in [1.29, 1.82) is 0 Å². The molecular formula is C32H41F2N7O2. The number of aromatic nitrogens is 2. The third-order valence-electron chi connectivity index (χ3n) is 8.96. The molecule has 43 heavy (non-hydrogen) atoms. The predicted octanol–water partition coefficient (Wildman–Crippen LogP) is 5.17. The molecule has 2 aromatic carbocycles. The number of rotatable bonds is 8. The van der Waals surface area contributed by atoms with Crippen molar-refractivity contribution >= 4 is 23.0 Å². The lowest BCUT2D eigenvalue weighted by atomic mass is 9.99. The van der Waals surface area contributed by atoms with Crippen LogP contribution in [0, 0.1) is 11.6 Å². The monoisotopic (exact) mass is 593 g/mol. The average molecular weight is 594 g/mol. The topological polar surface area (TPSA) is 69.2 Å².